The van der Waals surface area contributed by atoms with Crippen molar-refractivity contribution in [1.82, 2.24) is 0 Å². The Morgan fingerprint density at radius 3 is 2.50 bits per heavy atom. The van der Waals surface area contributed by atoms with Gasteiger partial charge in [0.15, 0.2) is 11.6 Å². The topological polar surface area (TPSA) is 18.5 Å². The van der Waals surface area contributed by atoms with Crippen molar-refractivity contribution in [3.05, 3.63) is 35.4 Å². The molecule has 0 bridgehead atoms. The minimum absolute atomic E-state index is 0.0368. The first-order valence-corrected chi connectivity index (χ1v) is 9.02. The van der Waals surface area contributed by atoms with Crippen LogP contribution in [0.2, 0.25) is 0 Å². The lowest BCUT2D eigenvalue weighted by Crippen LogP contribution is -2.30. The van der Waals surface area contributed by atoms with Crippen LogP contribution in [0.25, 0.3) is 5.57 Å². The van der Waals surface area contributed by atoms with Crippen LogP contribution in [0.15, 0.2) is 18.2 Å². The number of ether oxygens (including phenoxy) is 2. The molecule has 1 saturated carbocycles. The number of rotatable bonds is 4. The molecule has 0 N–H and O–H groups in total. The number of benzene rings is 1. The van der Waals surface area contributed by atoms with Gasteiger partial charge in [0.1, 0.15) is 0 Å². The highest BCUT2D eigenvalue weighted by molar-refractivity contribution is 5.68. The van der Waals surface area contributed by atoms with Gasteiger partial charge < -0.3 is 9.47 Å². The van der Waals surface area contributed by atoms with E-state index >= 15 is 0 Å². The van der Waals surface area contributed by atoms with Crippen molar-refractivity contribution in [3.8, 4) is 5.75 Å². The fraction of sp³-hybridized carbons (Fsp3) is 0.600. The van der Waals surface area contributed by atoms with E-state index in [0.717, 1.165) is 17.9 Å². The quantitative estimate of drug-likeness (QED) is 0.737. The van der Waals surface area contributed by atoms with Crippen LogP contribution in [0.5, 0.6) is 5.75 Å². The van der Waals surface area contributed by atoms with Gasteiger partial charge in [-0.2, -0.15) is 4.39 Å². The van der Waals surface area contributed by atoms with Crippen molar-refractivity contribution < 1.29 is 18.3 Å². The number of hydrogen-bond acceptors (Lipinski definition) is 2. The van der Waals surface area contributed by atoms with Crippen molar-refractivity contribution in [2.24, 2.45) is 11.8 Å². The van der Waals surface area contributed by atoms with E-state index in [-0.39, 0.29) is 17.4 Å². The van der Waals surface area contributed by atoms with Crippen molar-refractivity contribution in [2.75, 3.05) is 13.2 Å². The standard InChI is InChI=1S/C20H26F2O2/c1-3-23-18-11-9-16(19(21)20(18)22)15-8-10-17(24-12-15)14-6-4-13(2)5-7-14/h8-9,11,13-14,17H,3-7,10,12H2,1-2H3. The maximum atomic E-state index is 14.3. The first kappa shape index (κ1) is 17.4. The third-order valence-electron chi connectivity index (χ3n) is 5.33. The molecule has 1 aromatic carbocycles. The maximum absolute atomic E-state index is 14.3. The Bertz CT molecular complexity index is 604. The summed E-state index contributed by atoms with van der Waals surface area (Å²) < 4.78 is 39.5. The van der Waals surface area contributed by atoms with Gasteiger partial charge in [-0.05, 0) is 55.7 Å². The lowest BCUT2D eigenvalue weighted by Gasteiger charge is -2.34. The van der Waals surface area contributed by atoms with Crippen LogP contribution in [-0.2, 0) is 4.74 Å². The van der Waals surface area contributed by atoms with Crippen LogP contribution < -0.4 is 4.74 Å². The summed E-state index contributed by atoms with van der Waals surface area (Å²) in [6.45, 7) is 4.71. The normalized spacial score (nSPS) is 27.7. The summed E-state index contributed by atoms with van der Waals surface area (Å²) in [6, 6.07) is 3.08. The molecule has 1 aromatic rings. The molecule has 3 rings (SSSR count). The second-order valence-electron chi connectivity index (χ2n) is 7.01. The van der Waals surface area contributed by atoms with Crippen LogP contribution in [0.3, 0.4) is 0 Å². The van der Waals surface area contributed by atoms with Crippen LogP contribution in [0, 0.1) is 23.5 Å². The highest BCUT2D eigenvalue weighted by atomic mass is 19.2. The van der Waals surface area contributed by atoms with Crippen LogP contribution in [0.1, 0.15) is 51.5 Å². The predicted molar refractivity (Wildman–Crippen MR) is 91.0 cm³/mol. The molecule has 1 heterocycles. The van der Waals surface area contributed by atoms with Gasteiger partial charge in [0.05, 0.1) is 19.3 Å². The fourth-order valence-corrected chi connectivity index (χ4v) is 3.80. The third-order valence-corrected chi connectivity index (χ3v) is 5.33. The zero-order valence-corrected chi connectivity index (χ0v) is 14.5. The van der Waals surface area contributed by atoms with E-state index < -0.39 is 11.6 Å². The molecule has 1 aliphatic carbocycles. The molecular weight excluding hydrogens is 310 g/mol. The molecule has 1 atom stereocenters. The van der Waals surface area contributed by atoms with E-state index in [0.29, 0.717) is 19.1 Å². The molecule has 0 radical (unpaired) electrons. The second kappa shape index (κ2) is 7.64. The molecule has 2 nitrogen and oxygen atoms in total. The van der Waals surface area contributed by atoms with E-state index in [1.165, 1.54) is 31.7 Å². The highest BCUT2D eigenvalue weighted by Gasteiger charge is 2.29. The largest absolute Gasteiger partial charge is 0.491 e. The summed E-state index contributed by atoms with van der Waals surface area (Å²) in [6.07, 6.45) is 7.96. The molecular formula is C20H26F2O2. The van der Waals surface area contributed by atoms with E-state index in [1.54, 1.807) is 13.0 Å². The maximum Gasteiger partial charge on any atom is 0.201 e. The van der Waals surface area contributed by atoms with E-state index in [2.05, 4.69) is 6.92 Å². The van der Waals surface area contributed by atoms with Crippen molar-refractivity contribution in [2.45, 2.75) is 52.1 Å². The van der Waals surface area contributed by atoms with Crippen molar-refractivity contribution in [3.63, 3.8) is 0 Å². The zero-order valence-electron chi connectivity index (χ0n) is 14.5. The summed E-state index contributed by atoms with van der Waals surface area (Å²) in [5, 5.41) is 0. The monoisotopic (exact) mass is 336 g/mol. The Morgan fingerprint density at radius 1 is 1.12 bits per heavy atom. The molecule has 1 aliphatic heterocycles. The highest BCUT2D eigenvalue weighted by Crippen LogP contribution is 2.36. The smallest absolute Gasteiger partial charge is 0.201 e. The minimum Gasteiger partial charge on any atom is -0.491 e. The lowest BCUT2D eigenvalue weighted by atomic mass is 9.79. The fourth-order valence-electron chi connectivity index (χ4n) is 3.80. The zero-order chi connectivity index (χ0) is 17.1. The molecule has 132 valence electrons. The summed E-state index contributed by atoms with van der Waals surface area (Å²) in [5.41, 5.74) is 1.02. The molecule has 24 heavy (non-hydrogen) atoms. The molecule has 4 heteroatoms. The van der Waals surface area contributed by atoms with Crippen molar-refractivity contribution in [1.29, 1.82) is 0 Å². The SMILES string of the molecule is CCOc1ccc(C2=CCC(C3CCC(C)CC3)OC2)c(F)c1F. The second-order valence-corrected chi connectivity index (χ2v) is 7.01. The van der Waals surface area contributed by atoms with Crippen LogP contribution in [-0.4, -0.2) is 19.3 Å². The Labute approximate surface area is 142 Å². The average Bonchev–Trinajstić information content (AvgIpc) is 2.60. The van der Waals surface area contributed by atoms with Gasteiger partial charge in [0, 0.05) is 5.56 Å². The third kappa shape index (κ3) is 3.64. The molecule has 0 amide bonds. The molecule has 0 spiro atoms. The Hall–Kier alpha value is -1.42. The van der Waals surface area contributed by atoms with E-state index in [1.807, 2.05) is 6.08 Å². The van der Waals surface area contributed by atoms with Crippen LogP contribution >= 0.6 is 0 Å². The van der Waals surface area contributed by atoms with Crippen molar-refractivity contribution >= 4 is 5.57 Å². The van der Waals surface area contributed by atoms with Gasteiger partial charge in [-0.15, -0.1) is 0 Å². The van der Waals surface area contributed by atoms with Gasteiger partial charge in [-0.25, -0.2) is 4.39 Å². The summed E-state index contributed by atoms with van der Waals surface area (Å²) in [7, 11) is 0. The van der Waals surface area contributed by atoms with Gasteiger partial charge in [0.25, 0.3) is 0 Å². The van der Waals surface area contributed by atoms with Gasteiger partial charge >= 0.3 is 0 Å². The first-order chi connectivity index (χ1) is 11.6. The van der Waals surface area contributed by atoms with Crippen LogP contribution in [0.4, 0.5) is 8.78 Å². The Balaban J connectivity index is 1.70. The molecule has 1 fully saturated rings. The molecule has 2 aliphatic rings. The Morgan fingerprint density at radius 2 is 1.88 bits per heavy atom. The van der Waals surface area contributed by atoms with E-state index in [4.69, 9.17) is 9.47 Å². The summed E-state index contributed by atoms with van der Waals surface area (Å²) in [5.74, 6) is -0.387. The number of halogens is 2. The van der Waals surface area contributed by atoms with Gasteiger partial charge in [-0.3, -0.25) is 0 Å². The summed E-state index contributed by atoms with van der Waals surface area (Å²) in [4.78, 5) is 0. The summed E-state index contributed by atoms with van der Waals surface area (Å²) >= 11 is 0. The van der Waals surface area contributed by atoms with E-state index in [9.17, 15) is 8.78 Å². The molecule has 0 saturated heterocycles. The molecule has 1 unspecified atom stereocenters. The first-order valence-electron chi connectivity index (χ1n) is 9.02. The minimum atomic E-state index is -0.918. The van der Waals surface area contributed by atoms with Gasteiger partial charge in [-0.1, -0.05) is 25.8 Å². The Kier molecular flexibility index (Phi) is 5.54. The average molecular weight is 336 g/mol. The predicted octanol–water partition coefficient (Wildman–Crippen LogP) is 5.36. The lowest BCUT2D eigenvalue weighted by molar-refractivity contribution is 0.0101. The molecule has 0 aromatic heterocycles. The number of hydrogen-bond donors (Lipinski definition) is 0. The van der Waals surface area contributed by atoms with Gasteiger partial charge in [0.2, 0.25) is 5.82 Å².